The number of piperidine rings is 1. The number of nitrogens with zero attached hydrogens (tertiary/aromatic N) is 1. The van der Waals surface area contributed by atoms with Crippen LogP contribution in [0.15, 0.2) is 47.1 Å². The predicted molar refractivity (Wildman–Crippen MR) is 104 cm³/mol. The van der Waals surface area contributed by atoms with E-state index >= 15 is 0 Å². The molecule has 0 spiro atoms. The Hall–Kier alpha value is -1.98. The minimum atomic E-state index is -0.0291. The summed E-state index contributed by atoms with van der Waals surface area (Å²) in [4.78, 5) is 14.7. The second-order valence-electron chi connectivity index (χ2n) is 6.42. The lowest BCUT2D eigenvalue weighted by Gasteiger charge is -2.31. The summed E-state index contributed by atoms with van der Waals surface area (Å²) in [6.07, 6.45) is 3.64. The van der Waals surface area contributed by atoms with Gasteiger partial charge >= 0.3 is 0 Å². The Morgan fingerprint density at radius 2 is 1.96 bits per heavy atom. The molecule has 0 atom stereocenters. The van der Waals surface area contributed by atoms with Gasteiger partial charge in [0, 0.05) is 18.7 Å². The second kappa shape index (κ2) is 10.2. The molecule has 2 aromatic rings. The Morgan fingerprint density at radius 3 is 2.65 bits per heavy atom. The Morgan fingerprint density at radius 1 is 1.23 bits per heavy atom. The van der Waals surface area contributed by atoms with E-state index in [1.54, 1.807) is 6.26 Å². The first-order chi connectivity index (χ1) is 12.3. The molecule has 5 nitrogen and oxygen atoms in total. The number of amides is 1. The fourth-order valence-electron chi connectivity index (χ4n) is 3.15. The average Bonchev–Trinajstić information content (AvgIpc) is 3.14. The highest BCUT2D eigenvalue weighted by Gasteiger charge is 2.26. The smallest absolute Gasteiger partial charge is 0.289 e. The summed E-state index contributed by atoms with van der Waals surface area (Å²) in [5.41, 5.74) is 0.795. The van der Waals surface area contributed by atoms with E-state index < -0.39 is 0 Å². The minimum absolute atomic E-state index is 0. The topological polar surface area (TPSA) is 54.7 Å². The summed E-state index contributed by atoms with van der Waals surface area (Å²) in [5, 5.41) is 3.39. The molecule has 1 aromatic carbocycles. The van der Waals surface area contributed by atoms with Crippen LogP contribution in [-0.2, 0) is 6.61 Å². The second-order valence-corrected chi connectivity index (χ2v) is 6.42. The van der Waals surface area contributed by atoms with Gasteiger partial charge in [-0.2, -0.15) is 0 Å². The predicted octanol–water partition coefficient (Wildman–Crippen LogP) is 3.74. The highest BCUT2D eigenvalue weighted by molar-refractivity contribution is 5.93. The molecule has 0 radical (unpaired) electrons. The first kappa shape index (κ1) is 20.3. The molecule has 1 N–H and O–H groups in total. The van der Waals surface area contributed by atoms with Crippen LogP contribution >= 0.6 is 12.4 Å². The van der Waals surface area contributed by atoms with Crippen molar-refractivity contribution in [2.45, 2.75) is 26.4 Å². The molecule has 0 bridgehead atoms. The molecule has 1 fully saturated rings. The number of hydrogen-bond acceptors (Lipinski definition) is 4. The number of benzene rings is 1. The zero-order valence-electron chi connectivity index (χ0n) is 15.1. The first-order valence-corrected chi connectivity index (χ1v) is 9.02. The normalized spacial score (nSPS) is 14.7. The molecule has 6 heteroatoms. The Bertz CT molecular complexity index is 667. The van der Waals surface area contributed by atoms with E-state index in [1.807, 2.05) is 41.3 Å². The third-order valence-corrected chi connectivity index (χ3v) is 4.66. The molecule has 1 amide bonds. The Kier molecular flexibility index (Phi) is 8.01. The molecule has 3 rings (SSSR count). The van der Waals surface area contributed by atoms with Crippen LogP contribution in [0.3, 0.4) is 0 Å². The largest absolute Gasteiger partial charge is 0.489 e. The highest BCUT2D eigenvalue weighted by atomic mass is 35.5. The number of hydrogen-bond donors (Lipinski definition) is 1. The summed E-state index contributed by atoms with van der Waals surface area (Å²) in [5.74, 6) is 1.81. The standard InChI is InChI=1S/C20H26N2O3.ClH/c1-2-21-14-16-8-11-22(12-9-16)20(23)19-17(10-13-24-19)15-25-18-6-4-3-5-7-18;/h3-7,10,13,16,21H,2,8-9,11-12,14-15H2,1H3;1H. The number of likely N-dealkylation sites (tertiary alicyclic amines) is 1. The van der Waals surface area contributed by atoms with Crippen molar-refractivity contribution in [2.24, 2.45) is 5.92 Å². The SMILES string of the molecule is CCNCC1CCN(C(=O)c2occc2COc2ccccc2)CC1.Cl. The summed E-state index contributed by atoms with van der Waals surface area (Å²) in [6.45, 7) is 6.06. The fourth-order valence-corrected chi connectivity index (χ4v) is 3.15. The lowest BCUT2D eigenvalue weighted by Crippen LogP contribution is -2.41. The van der Waals surface area contributed by atoms with Crippen LogP contribution in [0.5, 0.6) is 5.75 Å². The van der Waals surface area contributed by atoms with Gasteiger partial charge in [-0.25, -0.2) is 0 Å². The average molecular weight is 379 g/mol. The Labute approximate surface area is 161 Å². The maximum Gasteiger partial charge on any atom is 0.289 e. The molecule has 2 heterocycles. The monoisotopic (exact) mass is 378 g/mol. The van der Waals surface area contributed by atoms with E-state index in [0.29, 0.717) is 18.3 Å². The lowest BCUT2D eigenvalue weighted by atomic mass is 9.96. The van der Waals surface area contributed by atoms with Gasteiger partial charge in [0.1, 0.15) is 12.4 Å². The van der Waals surface area contributed by atoms with Crippen LogP contribution in [0.1, 0.15) is 35.9 Å². The third-order valence-electron chi connectivity index (χ3n) is 4.66. The van der Waals surface area contributed by atoms with Crippen LogP contribution in [0.2, 0.25) is 0 Å². The van der Waals surface area contributed by atoms with Gasteiger partial charge in [-0.05, 0) is 50.0 Å². The molecule has 1 aromatic heterocycles. The number of ether oxygens (including phenoxy) is 1. The molecule has 1 aliphatic heterocycles. The van der Waals surface area contributed by atoms with E-state index in [0.717, 1.165) is 50.3 Å². The molecule has 26 heavy (non-hydrogen) atoms. The zero-order valence-corrected chi connectivity index (χ0v) is 16.0. The van der Waals surface area contributed by atoms with Crippen LogP contribution < -0.4 is 10.1 Å². The number of carbonyl (C=O) groups is 1. The Balaban J connectivity index is 0.00000243. The number of halogens is 1. The molecule has 0 saturated carbocycles. The number of carbonyl (C=O) groups excluding carboxylic acids is 1. The summed E-state index contributed by atoms with van der Waals surface area (Å²) in [6, 6.07) is 11.4. The molecule has 142 valence electrons. The molecule has 1 saturated heterocycles. The summed E-state index contributed by atoms with van der Waals surface area (Å²) in [7, 11) is 0. The summed E-state index contributed by atoms with van der Waals surface area (Å²) >= 11 is 0. The van der Waals surface area contributed by atoms with Gasteiger partial charge in [0.25, 0.3) is 5.91 Å². The maximum atomic E-state index is 12.8. The van der Waals surface area contributed by atoms with Crippen molar-refractivity contribution in [3.05, 3.63) is 54.0 Å². The van der Waals surface area contributed by atoms with Crippen molar-refractivity contribution >= 4 is 18.3 Å². The van der Waals surface area contributed by atoms with Crippen molar-refractivity contribution in [2.75, 3.05) is 26.2 Å². The minimum Gasteiger partial charge on any atom is -0.489 e. The third kappa shape index (κ3) is 5.26. The van der Waals surface area contributed by atoms with Gasteiger partial charge < -0.3 is 19.4 Å². The van der Waals surface area contributed by atoms with E-state index in [1.165, 1.54) is 0 Å². The number of nitrogens with one attached hydrogen (secondary N) is 1. The fraction of sp³-hybridized carbons (Fsp3) is 0.450. The highest BCUT2D eigenvalue weighted by Crippen LogP contribution is 2.21. The number of rotatable bonds is 7. The van der Waals surface area contributed by atoms with Gasteiger partial charge in [0.2, 0.25) is 0 Å². The number of furan rings is 1. The van der Waals surface area contributed by atoms with E-state index in [9.17, 15) is 4.79 Å². The molecule has 0 unspecified atom stereocenters. The van der Waals surface area contributed by atoms with Gasteiger partial charge in [-0.3, -0.25) is 4.79 Å². The molecule has 0 aliphatic carbocycles. The number of para-hydroxylation sites is 1. The van der Waals surface area contributed by atoms with Crippen LogP contribution in [0.25, 0.3) is 0 Å². The van der Waals surface area contributed by atoms with Crippen molar-refractivity contribution in [3.8, 4) is 5.75 Å². The van der Waals surface area contributed by atoms with Crippen molar-refractivity contribution in [3.63, 3.8) is 0 Å². The van der Waals surface area contributed by atoms with Gasteiger partial charge in [0.15, 0.2) is 5.76 Å². The van der Waals surface area contributed by atoms with Gasteiger partial charge in [-0.1, -0.05) is 25.1 Å². The molecule has 1 aliphatic rings. The van der Waals surface area contributed by atoms with Crippen molar-refractivity contribution < 1.29 is 13.9 Å². The van der Waals surface area contributed by atoms with E-state index in [4.69, 9.17) is 9.15 Å². The van der Waals surface area contributed by atoms with Gasteiger partial charge in [-0.15, -0.1) is 12.4 Å². The lowest BCUT2D eigenvalue weighted by molar-refractivity contribution is 0.0654. The summed E-state index contributed by atoms with van der Waals surface area (Å²) < 4.78 is 11.2. The van der Waals surface area contributed by atoms with Gasteiger partial charge in [0.05, 0.1) is 6.26 Å². The van der Waals surface area contributed by atoms with Crippen molar-refractivity contribution in [1.82, 2.24) is 10.2 Å². The van der Waals surface area contributed by atoms with Crippen LogP contribution in [-0.4, -0.2) is 37.0 Å². The van der Waals surface area contributed by atoms with Crippen molar-refractivity contribution in [1.29, 1.82) is 0 Å². The zero-order chi connectivity index (χ0) is 17.5. The first-order valence-electron chi connectivity index (χ1n) is 9.02. The van der Waals surface area contributed by atoms with Crippen LogP contribution in [0, 0.1) is 5.92 Å². The maximum absolute atomic E-state index is 12.8. The molecular formula is C20H27ClN2O3. The molecular weight excluding hydrogens is 352 g/mol. The van der Waals surface area contributed by atoms with E-state index in [-0.39, 0.29) is 18.3 Å². The van der Waals surface area contributed by atoms with E-state index in [2.05, 4.69) is 12.2 Å². The van der Waals surface area contributed by atoms with Crippen LogP contribution in [0.4, 0.5) is 0 Å². The quantitative estimate of drug-likeness (QED) is 0.797.